The molecule has 2 atom stereocenters. The Morgan fingerprint density at radius 3 is 2.08 bits per heavy atom. The van der Waals surface area contributed by atoms with Crippen molar-refractivity contribution in [1.82, 2.24) is 0 Å². The summed E-state index contributed by atoms with van der Waals surface area (Å²) in [5.74, 6) is -0.138. The van der Waals surface area contributed by atoms with Gasteiger partial charge in [0.05, 0.1) is 6.04 Å². The molecule has 36 heavy (non-hydrogen) atoms. The van der Waals surface area contributed by atoms with Crippen LogP contribution >= 0.6 is 31.9 Å². The Balaban J connectivity index is 1.61. The summed E-state index contributed by atoms with van der Waals surface area (Å²) in [6, 6.07) is 32.2. The number of nitrogens with zero attached hydrogens (tertiary/aromatic N) is 2. The second-order valence-electron chi connectivity index (χ2n) is 8.87. The fraction of sp³-hybridized carbons (Fsp3) is 0.133. The summed E-state index contributed by atoms with van der Waals surface area (Å²) in [4.78, 5) is 31.4. The third-order valence-corrected chi connectivity index (χ3v) is 7.47. The van der Waals surface area contributed by atoms with E-state index in [1.165, 1.54) is 0 Å². The molecule has 0 N–H and O–H groups in total. The van der Waals surface area contributed by atoms with Gasteiger partial charge in [-0.2, -0.15) is 0 Å². The van der Waals surface area contributed by atoms with E-state index in [0.717, 1.165) is 25.9 Å². The van der Waals surface area contributed by atoms with Gasteiger partial charge in [0.15, 0.2) is 0 Å². The van der Waals surface area contributed by atoms with Gasteiger partial charge < -0.3 is 9.80 Å². The van der Waals surface area contributed by atoms with E-state index in [-0.39, 0.29) is 23.9 Å². The van der Waals surface area contributed by atoms with Crippen molar-refractivity contribution < 1.29 is 9.59 Å². The Bertz CT molecular complexity index is 1420. The average Bonchev–Trinajstić information content (AvgIpc) is 2.89. The van der Waals surface area contributed by atoms with Gasteiger partial charge >= 0.3 is 0 Å². The SMILES string of the molecule is C[C@H]1C[C@H](N(C(=O)c2cccc(Br)c2)c2ccccc2)c2ccccc2N1C(=O)c1cccc(Br)c1. The van der Waals surface area contributed by atoms with Crippen molar-refractivity contribution in [3.8, 4) is 0 Å². The van der Waals surface area contributed by atoms with E-state index in [1.54, 1.807) is 0 Å². The highest BCUT2D eigenvalue weighted by molar-refractivity contribution is 9.10. The minimum absolute atomic E-state index is 0.0562. The molecule has 4 aromatic rings. The summed E-state index contributed by atoms with van der Waals surface area (Å²) in [6.45, 7) is 2.05. The number of carbonyl (C=O) groups excluding carboxylic acids is 2. The van der Waals surface area contributed by atoms with E-state index >= 15 is 0 Å². The molecule has 6 heteroatoms. The van der Waals surface area contributed by atoms with Crippen LogP contribution in [0.15, 0.2) is 112 Å². The van der Waals surface area contributed by atoms with Gasteiger partial charge in [-0.3, -0.25) is 9.59 Å². The quantitative estimate of drug-likeness (QED) is 0.237. The minimum Gasteiger partial charge on any atom is -0.305 e. The minimum atomic E-state index is -0.239. The molecule has 5 rings (SSSR count). The van der Waals surface area contributed by atoms with Gasteiger partial charge in [0.2, 0.25) is 0 Å². The maximum atomic E-state index is 14.0. The van der Waals surface area contributed by atoms with Crippen molar-refractivity contribution in [2.24, 2.45) is 0 Å². The van der Waals surface area contributed by atoms with Crippen LogP contribution in [-0.2, 0) is 0 Å². The number of halogens is 2. The van der Waals surface area contributed by atoms with Crippen molar-refractivity contribution in [3.63, 3.8) is 0 Å². The van der Waals surface area contributed by atoms with E-state index < -0.39 is 0 Å². The second kappa shape index (κ2) is 10.4. The van der Waals surface area contributed by atoms with Crippen molar-refractivity contribution in [2.75, 3.05) is 9.80 Å². The monoisotopic (exact) mass is 602 g/mol. The number of amides is 2. The molecule has 0 fully saturated rings. The molecule has 0 saturated carbocycles. The van der Waals surface area contributed by atoms with Crippen LogP contribution in [0.4, 0.5) is 11.4 Å². The number of anilines is 2. The first-order chi connectivity index (χ1) is 17.4. The highest BCUT2D eigenvalue weighted by Gasteiger charge is 2.39. The maximum Gasteiger partial charge on any atom is 0.258 e. The highest BCUT2D eigenvalue weighted by Crippen LogP contribution is 2.43. The van der Waals surface area contributed by atoms with Crippen LogP contribution in [0, 0.1) is 0 Å². The normalized spacial score (nSPS) is 16.8. The smallest absolute Gasteiger partial charge is 0.258 e. The van der Waals surface area contributed by atoms with Crippen molar-refractivity contribution in [2.45, 2.75) is 25.4 Å². The fourth-order valence-electron chi connectivity index (χ4n) is 4.88. The second-order valence-corrected chi connectivity index (χ2v) is 10.7. The summed E-state index contributed by atoms with van der Waals surface area (Å²) >= 11 is 6.98. The number of carbonyl (C=O) groups is 2. The van der Waals surface area contributed by atoms with Gasteiger partial charge in [-0.05, 0) is 73.5 Å². The van der Waals surface area contributed by atoms with E-state index in [1.807, 2.05) is 120 Å². The number of para-hydroxylation sites is 2. The Hall–Kier alpha value is -3.22. The number of hydrogen-bond acceptors (Lipinski definition) is 2. The zero-order chi connectivity index (χ0) is 25.2. The van der Waals surface area contributed by atoms with Crippen LogP contribution in [0.2, 0.25) is 0 Å². The lowest BCUT2D eigenvalue weighted by atomic mass is 9.89. The molecule has 0 unspecified atom stereocenters. The lowest BCUT2D eigenvalue weighted by Gasteiger charge is -2.43. The first-order valence-electron chi connectivity index (χ1n) is 11.8. The third kappa shape index (κ3) is 4.75. The highest BCUT2D eigenvalue weighted by atomic mass is 79.9. The van der Waals surface area contributed by atoms with Gasteiger partial charge in [0.25, 0.3) is 11.8 Å². The van der Waals surface area contributed by atoms with E-state index in [0.29, 0.717) is 17.5 Å². The topological polar surface area (TPSA) is 40.6 Å². The Kier molecular flexibility index (Phi) is 7.08. The third-order valence-electron chi connectivity index (χ3n) is 6.49. The molecule has 0 saturated heterocycles. The largest absolute Gasteiger partial charge is 0.305 e. The van der Waals surface area contributed by atoms with Crippen LogP contribution in [0.5, 0.6) is 0 Å². The lowest BCUT2D eigenvalue weighted by molar-refractivity contribution is 0.0965. The number of fused-ring (bicyclic) bond motifs is 1. The molecule has 0 bridgehead atoms. The van der Waals surface area contributed by atoms with Crippen LogP contribution in [0.1, 0.15) is 45.7 Å². The van der Waals surface area contributed by atoms with E-state index in [9.17, 15) is 9.59 Å². The number of rotatable bonds is 4. The molecule has 0 aromatic heterocycles. The first-order valence-corrected chi connectivity index (χ1v) is 13.3. The predicted molar refractivity (Wildman–Crippen MR) is 152 cm³/mol. The first kappa shape index (κ1) is 24.5. The van der Waals surface area contributed by atoms with Crippen molar-refractivity contribution in [3.05, 3.63) is 129 Å². The maximum absolute atomic E-state index is 14.0. The van der Waals surface area contributed by atoms with Gasteiger partial charge in [-0.15, -0.1) is 0 Å². The molecule has 180 valence electrons. The molecule has 1 heterocycles. The van der Waals surface area contributed by atoms with Gasteiger partial charge in [-0.25, -0.2) is 0 Å². The summed E-state index contributed by atoms with van der Waals surface area (Å²) < 4.78 is 1.71. The predicted octanol–water partition coefficient (Wildman–Crippen LogP) is 8.04. The molecule has 1 aliphatic rings. The molecular formula is C30H24Br2N2O2. The molecule has 0 spiro atoms. The van der Waals surface area contributed by atoms with Crippen molar-refractivity contribution >= 4 is 55.0 Å². The molecule has 2 amide bonds. The summed E-state index contributed by atoms with van der Waals surface area (Å²) in [5.41, 5.74) is 3.82. The lowest BCUT2D eigenvalue weighted by Crippen LogP contribution is -2.47. The zero-order valence-electron chi connectivity index (χ0n) is 19.6. The Morgan fingerprint density at radius 2 is 1.39 bits per heavy atom. The standard InChI is InChI=1S/C30H24Br2N2O2/c1-20-17-28(34(25-13-3-2-4-14-25)30(36)22-10-8-12-24(32)19-22)26-15-5-6-16-27(26)33(20)29(35)21-9-7-11-23(31)18-21/h2-16,18-20,28H,17H2,1H3/t20-,28-/m0/s1. The number of hydrogen-bond donors (Lipinski definition) is 0. The molecule has 1 aliphatic heterocycles. The van der Waals surface area contributed by atoms with Crippen LogP contribution in [0.25, 0.3) is 0 Å². The zero-order valence-corrected chi connectivity index (χ0v) is 22.8. The van der Waals surface area contributed by atoms with Gasteiger partial charge in [-0.1, -0.05) is 80.4 Å². The van der Waals surface area contributed by atoms with Crippen LogP contribution in [-0.4, -0.2) is 17.9 Å². The van der Waals surface area contributed by atoms with E-state index in [2.05, 4.69) is 31.9 Å². The van der Waals surface area contributed by atoms with E-state index in [4.69, 9.17) is 0 Å². The van der Waals surface area contributed by atoms with Crippen LogP contribution in [0.3, 0.4) is 0 Å². The number of benzene rings is 4. The molecule has 0 aliphatic carbocycles. The molecular weight excluding hydrogens is 580 g/mol. The Morgan fingerprint density at radius 1 is 0.778 bits per heavy atom. The fourth-order valence-corrected chi connectivity index (χ4v) is 5.68. The summed E-state index contributed by atoms with van der Waals surface area (Å²) in [5, 5.41) is 0. The Labute approximate surface area is 227 Å². The molecule has 0 radical (unpaired) electrons. The summed E-state index contributed by atoms with van der Waals surface area (Å²) in [7, 11) is 0. The molecule has 4 aromatic carbocycles. The van der Waals surface area contributed by atoms with Gasteiger partial charge in [0.1, 0.15) is 0 Å². The summed E-state index contributed by atoms with van der Waals surface area (Å²) in [6.07, 6.45) is 0.603. The average molecular weight is 604 g/mol. The van der Waals surface area contributed by atoms with Crippen LogP contribution < -0.4 is 9.80 Å². The van der Waals surface area contributed by atoms with Gasteiger partial charge in [0, 0.05) is 37.5 Å². The van der Waals surface area contributed by atoms with Crippen molar-refractivity contribution in [1.29, 1.82) is 0 Å². The molecule has 4 nitrogen and oxygen atoms in total.